The molecular formula is C14H19NS. The molecule has 1 nitrogen and oxygen atoms in total. The van der Waals surface area contributed by atoms with E-state index in [-0.39, 0.29) is 0 Å². The minimum absolute atomic E-state index is 0.597. The molecule has 0 aromatic heterocycles. The number of fused-ring (bicyclic) bond motifs is 3. The molecule has 1 heterocycles. The van der Waals surface area contributed by atoms with Gasteiger partial charge in [-0.2, -0.15) is 11.8 Å². The van der Waals surface area contributed by atoms with Gasteiger partial charge in [0.1, 0.15) is 0 Å². The summed E-state index contributed by atoms with van der Waals surface area (Å²) in [6.07, 6.45) is 2.60. The van der Waals surface area contributed by atoms with Gasteiger partial charge in [-0.05, 0) is 42.2 Å². The van der Waals surface area contributed by atoms with Gasteiger partial charge in [-0.3, -0.25) is 0 Å². The van der Waals surface area contributed by atoms with Crippen LogP contribution in [-0.2, 0) is 6.42 Å². The molecule has 1 aliphatic carbocycles. The van der Waals surface area contributed by atoms with Gasteiger partial charge >= 0.3 is 0 Å². The van der Waals surface area contributed by atoms with Crippen molar-refractivity contribution in [3.8, 4) is 0 Å². The van der Waals surface area contributed by atoms with Crippen LogP contribution in [0.1, 0.15) is 30.5 Å². The molecule has 1 N–H and O–H groups in total. The fourth-order valence-electron chi connectivity index (χ4n) is 2.83. The molecule has 2 heteroatoms. The van der Waals surface area contributed by atoms with Crippen molar-refractivity contribution in [2.45, 2.75) is 31.1 Å². The lowest BCUT2D eigenvalue weighted by Gasteiger charge is -2.32. The third-order valence-electron chi connectivity index (χ3n) is 3.74. The van der Waals surface area contributed by atoms with E-state index in [1.807, 2.05) is 0 Å². The number of nitrogens with one attached hydrogen (secondary N) is 1. The summed E-state index contributed by atoms with van der Waals surface area (Å²) in [6.45, 7) is 3.52. The van der Waals surface area contributed by atoms with E-state index >= 15 is 0 Å². The average molecular weight is 233 g/mol. The molecule has 16 heavy (non-hydrogen) atoms. The Morgan fingerprint density at radius 2 is 2.19 bits per heavy atom. The van der Waals surface area contributed by atoms with Crippen molar-refractivity contribution in [1.82, 2.24) is 5.32 Å². The van der Waals surface area contributed by atoms with E-state index in [9.17, 15) is 0 Å². The lowest BCUT2D eigenvalue weighted by Crippen LogP contribution is -2.33. The smallest absolute Gasteiger partial charge is 0.0443 e. The Labute approximate surface area is 102 Å². The first-order valence-electron chi connectivity index (χ1n) is 6.27. The molecule has 0 radical (unpaired) electrons. The van der Waals surface area contributed by atoms with Crippen LogP contribution in [0.4, 0.5) is 0 Å². The number of aryl methyl sites for hydroxylation is 1. The summed E-state index contributed by atoms with van der Waals surface area (Å²) in [5.41, 5.74) is 3.12. The highest BCUT2D eigenvalue weighted by molar-refractivity contribution is 7.99. The van der Waals surface area contributed by atoms with Gasteiger partial charge in [0, 0.05) is 11.3 Å². The van der Waals surface area contributed by atoms with Crippen LogP contribution in [-0.4, -0.2) is 17.5 Å². The maximum Gasteiger partial charge on any atom is 0.0443 e. The molecule has 1 aromatic rings. The summed E-state index contributed by atoms with van der Waals surface area (Å²) in [6, 6.07) is 9.56. The zero-order valence-corrected chi connectivity index (χ0v) is 10.6. The summed E-state index contributed by atoms with van der Waals surface area (Å²) in [7, 11) is 0. The number of hydrogen-bond acceptors (Lipinski definition) is 2. The van der Waals surface area contributed by atoms with Crippen LogP contribution in [0.15, 0.2) is 24.3 Å². The Morgan fingerprint density at radius 3 is 3.12 bits per heavy atom. The van der Waals surface area contributed by atoms with E-state index in [4.69, 9.17) is 0 Å². The van der Waals surface area contributed by atoms with Gasteiger partial charge in [0.15, 0.2) is 0 Å². The molecule has 3 unspecified atom stereocenters. The molecule has 2 aliphatic rings. The Hall–Kier alpha value is -0.470. The molecule has 0 spiro atoms. The topological polar surface area (TPSA) is 12.0 Å². The van der Waals surface area contributed by atoms with Crippen molar-refractivity contribution >= 4 is 11.8 Å². The Kier molecular flexibility index (Phi) is 2.95. The minimum Gasteiger partial charge on any atom is -0.309 e. The minimum atomic E-state index is 0.597. The van der Waals surface area contributed by atoms with Crippen LogP contribution in [0.5, 0.6) is 0 Å². The summed E-state index contributed by atoms with van der Waals surface area (Å²) in [4.78, 5) is 0. The first-order valence-corrected chi connectivity index (χ1v) is 7.32. The van der Waals surface area contributed by atoms with E-state index in [1.54, 1.807) is 11.1 Å². The van der Waals surface area contributed by atoms with Crippen LogP contribution < -0.4 is 5.32 Å². The van der Waals surface area contributed by atoms with Crippen molar-refractivity contribution in [3.63, 3.8) is 0 Å². The summed E-state index contributed by atoms with van der Waals surface area (Å²) < 4.78 is 0. The Bertz CT molecular complexity index is 377. The van der Waals surface area contributed by atoms with E-state index < -0.39 is 0 Å². The van der Waals surface area contributed by atoms with Crippen LogP contribution >= 0.6 is 11.8 Å². The largest absolute Gasteiger partial charge is 0.309 e. The van der Waals surface area contributed by atoms with Crippen molar-refractivity contribution in [1.29, 1.82) is 0 Å². The first-order chi connectivity index (χ1) is 7.84. The SMILES string of the molecule is CC1CNC2c3ccccc3CCC2SC1. The lowest BCUT2D eigenvalue weighted by molar-refractivity contribution is 0.453. The highest BCUT2D eigenvalue weighted by atomic mass is 32.2. The van der Waals surface area contributed by atoms with Gasteiger partial charge in [0.25, 0.3) is 0 Å². The predicted octanol–water partition coefficient (Wildman–Crippen LogP) is 3.02. The van der Waals surface area contributed by atoms with E-state index in [0.717, 1.165) is 11.2 Å². The van der Waals surface area contributed by atoms with Crippen LogP contribution in [0.2, 0.25) is 0 Å². The molecule has 0 bridgehead atoms. The molecule has 1 fully saturated rings. The second-order valence-corrected chi connectivity index (χ2v) is 6.37. The lowest BCUT2D eigenvalue weighted by atomic mass is 9.87. The molecule has 3 atom stereocenters. The molecule has 1 aromatic carbocycles. The third kappa shape index (κ3) is 1.89. The molecule has 86 valence electrons. The quantitative estimate of drug-likeness (QED) is 0.739. The van der Waals surface area contributed by atoms with E-state index in [0.29, 0.717) is 6.04 Å². The Balaban J connectivity index is 1.92. The normalized spacial score (nSPS) is 33.7. The van der Waals surface area contributed by atoms with Gasteiger partial charge in [-0.15, -0.1) is 0 Å². The molecule has 0 saturated carbocycles. The van der Waals surface area contributed by atoms with Gasteiger partial charge in [0.05, 0.1) is 0 Å². The molecule has 3 rings (SSSR count). The third-order valence-corrected chi connectivity index (χ3v) is 5.44. The average Bonchev–Trinajstić information content (AvgIpc) is 2.52. The number of benzene rings is 1. The first kappa shape index (κ1) is 10.7. The van der Waals surface area contributed by atoms with Crippen LogP contribution in [0, 0.1) is 5.92 Å². The van der Waals surface area contributed by atoms with Crippen LogP contribution in [0.3, 0.4) is 0 Å². The summed E-state index contributed by atoms with van der Waals surface area (Å²) in [5.74, 6) is 2.12. The fourth-order valence-corrected chi connectivity index (χ4v) is 4.24. The van der Waals surface area contributed by atoms with Crippen molar-refractivity contribution in [2.75, 3.05) is 12.3 Å². The van der Waals surface area contributed by atoms with E-state index in [2.05, 4.69) is 48.3 Å². The maximum atomic E-state index is 3.77. The molecule has 0 amide bonds. The van der Waals surface area contributed by atoms with Crippen LogP contribution in [0.25, 0.3) is 0 Å². The monoisotopic (exact) mass is 233 g/mol. The number of hydrogen-bond donors (Lipinski definition) is 1. The summed E-state index contributed by atoms with van der Waals surface area (Å²) >= 11 is 2.18. The highest BCUT2D eigenvalue weighted by Gasteiger charge is 2.31. The fraction of sp³-hybridized carbons (Fsp3) is 0.571. The molecule has 1 aliphatic heterocycles. The second kappa shape index (κ2) is 4.42. The Morgan fingerprint density at radius 1 is 1.31 bits per heavy atom. The number of rotatable bonds is 0. The number of thioether (sulfide) groups is 1. The summed E-state index contributed by atoms with van der Waals surface area (Å²) in [5, 5.41) is 4.56. The molecule has 1 saturated heterocycles. The molecular weight excluding hydrogens is 214 g/mol. The highest BCUT2D eigenvalue weighted by Crippen LogP contribution is 2.39. The maximum absolute atomic E-state index is 3.77. The standard InChI is InChI=1S/C14H19NS/c1-10-8-15-14-12-5-3-2-4-11(12)6-7-13(14)16-9-10/h2-5,10,13-15H,6-9H2,1H3. The van der Waals surface area contributed by atoms with E-state index in [1.165, 1.54) is 25.1 Å². The van der Waals surface area contributed by atoms with Crippen molar-refractivity contribution in [2.24, 2.45) is 5.92 Å². The van der Waals surface area contributed by atoms with Gasteiger partial charge in [-0.1, -0.05) is 31.2 Å². The van der Waals surface area contributed by atoms with Crippen molar-refractivity contribution < 1.29 is 0 Å². The zero-order valence-electron chi connectivity index (χ0n) is 9.78. The van der Waals surface area contributed by atoms with Gasteiger partial charge in [0.2, 0.25) is 0 Å². The van der Waals surface area contributed by atoms with Gasteiger partial charge in [-0.25, -0.2) is 0 Å². The second-order valence-electron chi connectivity index (χ2n) is 5.10. The predicted molar refractivity (Wildman–Crippen MR) is 70.9 cm³/mol. The van der Waals surface area contributed by atoms with Crippen molar-refractivity contribution in [3.05, 3.63) is 35.4 Å². The zero-order chi connectivity index (χ0) is 11.0. The van der Waals surface area contributed by atoms with Gasteiger partial charge < -0.3 is 5.32 Å².